The Kier molecular flexibility index (Phi) is 5.33. The highest BCUT2D eigenvalue weighted by Gasteiger charge is 2.33. The number of aliphatic carboxylic acids is 1. The van der Waals surface area contributed by atoms with Gasteiger partial charge in [0.15, 0.2) is 0 Å². The Hall–Kier alpha value is -2.78. The minimum atomic E-state index is -4.43. The van der Waals surface area contributed by atoms with Gasteiger partial charge in [-0.05, 0) is 24.3 Å². The number of aromatic amines is 1. The van der Waals surface area contributed by atoms with Gasteiger partial charge in [0, 0.05) is 60.1 Å². The van der Waals surface area contributed by atoms with Crippen molar-refractivity contribution in [3.05, 3.63) is 58.9 Å². The van der Waals surface area contributed by atoms with Gasteiger partial charge in [-0.3, -0.25) is 9.69 Å². The third kappa shape index (κ3) is 3.95. The second kappa shape index (κ2) is 7.81. The van der Waals surface area contributed by atoms with E-state index in [1.807, 2.05) is 9.80 Å². The molecule has 1 aliphatic heterocycles. The molecule has 0 radical (unpaired) electrons. The summed E-state index contributed by atoms with van der Waals surface area (Å²) < 4.78 is 38.2. The molecular weight excluding hydrogens is 421 g/mol. The van der Waals surface area contributed by atoms with E-state index >= 15 is 0 Å². The average molecular weight is 439 g/mol. The van der Waals surface area contributed by atoms with Crippen molar-refractivity contribution in [1.29, 1.82) is 0 Å². The van der Waals surface area contributed by atoms with Gasteiger partial charge in [0.25, 0.3) is 0 Å². The normalized spacial score (nSPS) is 16.7. The Morgan fingerprint density at radius 2 is 1.90 bits per heavy atom. The molecule has 3 aromatic rings. The van der Waals surface area contributed by atoms with Crippen LogP contribution in [0.2, 0.25) is 5.02 Å². The molecule has 1 fully saturated rings. The number of carboxylic acids is 1. The number of aromatic nitrogens is 2. The van der Waals surface area contributed by atoms with E-state index in [0.717, 1.165) is 23.2 Å². The van der Waals surface area contributed by atoms with E-state index in [1.54, 1.807) is 24.4 Å². The van der Waals surface area contributed by atoms with Gasteiger partial charge in [-0.15, -0.1) is 0 Å². The zero-order valence-corrected chi connectivity index (χ0v) is 16.4. The highest BCUT2D eigenvalue weighted by Crippen LogP contribution is 2.32. The third-order valence-corrected chi connectivity index (χ3v) is 5.52. The molecule has 30 heavy (non-hydrogen) atoms. The molecule has 1 aliphatic rings. The van der Waals surface area contributed by atoms with Crippen molar-refractivity contribution in [2.75, 3.05) is 31.1 Å². The molecule has 0 saturated carbocycles. The third-order valence-electron chi connectivity index (χ3n) is 5.28. The molecule has 0 aliphatic carbocycles. The van der Waals surface area contributed by atoms with Gasteiger partial charge >= 0.3 is 12.1 Å². The van der Waals surface area contributed by atoms with Gasteiger partial charge in [0.05, 0.1) is 5.56 Å². The van der Waals surface area contributed by atoms with E-state index in [2.05, 4.69) is 9.97 Å². The molecule has 1 aromatic carbocycles. The Bertz CT molecular complexity index is 1060. The maximum atomic E-state index is 12.7. The van der Waals surface area contributed by atoms with Crippen LogP contribution in [0.5, 0.6) is 0 Å². The lowest BCUT2D eigenvalue weighted by atomic mass is 10.0. The van der Waals surface area contributed by atoms with Crippen LogP contribution in [-0.2, 0) is 11.0 Å². The van der Waals surface area contributed by atoms with Gasteiger partial charge in [0.1, 0.15) is 11.9 Å². The van der Waals surface area contributed by atoms with Gasteiger partial charge in [-0.1, -0.05) is 17.7 Å². The summed E-state index contributed by atoms with van der Waals surface area (Å²) in [6, 6.07) is 6.76. The number of benzene rings is 1. The number of alkyl halides is 3. The van der Waals surface area contributed by atoms with Crippen molar-refractivity contribution in [1.82, 2.24) is 14.9 Å². The summed E-state index contributed by atoms with van der Waals surface area (Å²) in [5.74, 6) is -0.525. The highest BCUT2D eigenvalue weighted by molar-refractivity contribution is 6.31. The number of piperazine rings is 1. The van der Waals surface area contributed by atoms with E-state index in [9.17, 15) is 23.1 Å². The van der Waals surface area contributed by atoms with Gasteiger partial charge in [-0.2, -0.15) is 13.2 Å². The lowest BCUT2D eigenvalue weighted by Gasteiger charge is -2.38. The van der Waals surface area contributed by atoms with Crippen LogP contribution in [0.25, 0.3) is 10.9 Å². The summed E-state index contributed by atoms with van der Waals surface area (Å²) in [6.45, 7) is 1.77. The number of carboxylic acid groups (broad SMARTS) is 1. The van der Waals surface area contributed by atoms with Crippen molar-refractivity contribution >= 4 is 34.3 Å². The Labute approximate surface area is 174 Å². The minimum Gasteiger partial charge on any atom is -0.480 e. The highest BCUT2D eigenvalue weighted by atomic mass is 35.5. The predicted octanol–water partition coefficient (Wildman–Crippen LogP) is 4.18. The molecule has 0 amide bonds. The second-order valence-electron chi connectivity index (χ2n) is 7.10. The fraction of sp³-hybridized carbons (Fsp3) is 0.300. The van der Waals surface area contributed by atoms with Crippen LogP contribution >= 0.6 is 11.6 Å². The molecule has 1 atom stereocenters. The molecule has 6 nitrogen and oxygen atoms in total. The average Bonchev–Trinajstić information content (AvgIpc) is 3.10. The van der Waals surface area contributed by atoms with Crippen molar-refractivity contribution in [3.63, 3.8) is 0 Å². The molecular formula is C20H18ClF3N4O2. The van der Waals surface area contributed by atoms with Gasteiger partial charge < -0.3 is 15.0 Å². The van der Waals surface area contributed by atoms with Crippen LogP contribution in [0.3, 0.4) is 0 Å². The zero-order chi connectivity index (χ0) is 21.5. The topological polar surface area (TPSA) is 72.5 Å². The van der Waals surface area contributed by atoms with Crippen LogP contribution in [-0.4, -0.2) is 52.1 Å². The largest absolute Gasteiger partial charge is 0.480 e. The number of nitrogens with one attached hydrogen (secondary N) is 1. The fourth-order valence-corrected chi connectivity index (χ4v) is 3.96. The Balaban J connectivity index is 1.50. The van der Waals surface area contributed by atoms with Crippen molar-refractivity contribution < 1.29 is 23.1 Å². The minimum absolute atomic E-state index is 0.430. The molecule has 1 saturated heterocycles. The number of carbonyl (C=O) groups is 1. The number of pyridine rings is 1. The number of halogens is 4. The summed E-state index contributed by atoms with van der Waals surface area (Å²) in [5, 5.41) is 11.2. The number of nitrogens with zero attached hydrogens (tertiary/aromatic N) is 3. The van der Waals surface area contributed by atoms with E-state index < -0.39 is 23.8 Å². The van der Waals surface area contributed by atoms with Crippen LogP contribution in [0.1, 0.15) is 17.2 Å². The molecule has 0 unspecified atom stereocenters. The van der Waals surface area contributed by atoms with Crippen LogP contribution in [0.15, 0.2) is 42.7 Å². The number of rotatable bonds is 4. The summed E-state index contributed by atoms with van der Waals surface area (Å²) in [5.41, 5.74) is 0.613. The van der Waals surface area contributed by atoms with Crippen molar-refractivity contribution in [2.45, 2.75) is 12.2 Å². The first-order chi connectivity index (χ1) is 14.2. The fourth-order valence-electron chi connectivity index (χ4n) is 3.78. The number of fused-ring (bicyclic) bond motifs is 1. The lowest BCUT2D eigenvalue weighted by molar-refractivity contribution is -0.143. The first kappa shape index (κ1) is 20.5. The second-order valence-corrected chi connectivity index (χ2v) is 7.54. The zero-order valence-electron chi connectivity index (χ0n) is 15.7. The van der Waals surface area contributed by atoms with E-state index in [-0.39, 0.29) is 0 Å². The van der Waals surface area contributed by atoms with Crippen molar-refractivity contribution in [3.8, 4) is 0 Å². The number of hydrogen-bond donors (Lipinski definition) is 2. The predicted molar refractivity (Wildman–Crippen MR) is 107 cm³/mol. The molecule has 0 spiro atoms. The van der Waals surface area contributed by atoms with Gasteiger partial charge in [0.2, 0.25) is 0 Å². The number of anilines is 1. The quantitative estimate of drug-likeness (QED) is 0.639. The maximum absolute atomic E-state index is 12.7. The molecule has 2 N–H and O–H groups in total. The van der Waals surface area contributed by atoms with Crippen LogP contribution in [0, 0.1) is 0 Å². The van der Waals surface area contributed by atoms with E-state index in [0.29, 0.717) is 42.6 Å². The molecule has 2 aromatic heterocycles. The molecule has 0 bridgehead atoms. The Morgan fingerprint density at radius 1 is 1.17 bits per heavy atom. The molecule has 3 heterocycles. The summed E-state index contributed by atoms with van der Waals surface area (Å²) >= 11 is 6.01. The SMILES string of the molecule is O=C(O)[C@@H](c1c[nH]c2cc(Cl)ccc12)N1CCN(c2ccc(C(F)(F)F)cn2)CC1. The Morgan fingerprint density at radius 3 is 2.50 bits per heavy atom. The molecule has 158 valence electrons. The number of hydrogen-bond acceptors (Lipinski definition) is 4. The maximum Gasteiger partial charge on any atom is 0.417 e. The summed E-state index contributed by atoms with van der Waals surface area (Å²) in [6.07, 6.45) is -1.93. The van der Waals surface area contributed by atoms with Crippen LogP contribution in [0.4, 0.5) is 19.0 Å². The van der Waals surface area contributed by atoms with E-state index in [1.165, 1.54) is 6.07 Å². The standard InChI is InChI=1S/C20H18ClF3N4O2/c21-13-2-3-14-15(11-25-16(14)9-13)18(19(29)30)28-7-5-27(6-8-28)17-4-1-12(10-26-17)20(22,23)24/h1-4,9-11,18,25H,5-8H2,(H,29,30)/t18-/m1/s1. The first-order valence-electron chi connectivity index (χ1n) is 9.25. The lowest BCUT2D eigenvalue weighted by Crippen LogP contribution is -2.49. The monoisotopic (exact) mass is 438 g/mol. The number of H-pyrrole nitrogens is 1. The first-order valence-corrected chi connectivity index (χ1v) is 9.63. The summed E-state index contributed by atoms with van der Waals surface area (Å²) in [4.78, 5) is 22.8. The van der Waals surface area contributed by atoms with Gasteiger partial charge in [-0.25, -0.2) is 4.98 Å². The summed E-state index contributed by atoms with van der Waals surface area (Å²) in [7, 11) is 0. The van der Waals surface area contributed by atoms with Crippen LogP contribution < -0.4 is 4.90 Å². The smallest absolute Gasteiger partial charge is 0.417 e. The molecule has 4 rings (SSSR count). The van der Waals surface area contributed by atoms with Crippen molar-refractivity contribution in [2.24, 2.45) is 0 Å². The molecule has 10 heteroatoms. The van der Waals surface area contributed by atoms with E-state index in [4.69, 9.17) is 11.6 Å².